The van der Waals surface area contributed by atoms with Gasteiger partial charge in [-0.3, -0.25) is 4.79 Å². The van der Waals surface area contributed by atoms with E-state index in [1.807, 2.05) is 0 Å². The molecule has 5 unspecified atom stereocenters. The molecule has 0 radical (unpaired) electrons. The van der Waals surface area contributed by atoms with Crippen LogP contribution in [0.3, 0.4) is 0 Å². The molecule has 0 spiro atoms. The van der Waals surface area contributed by atoms with E-state index < -0.39 is 24.0 Å². The molecule has 7 heteroatoms. The summed E-state index contributed by atoms with van der Waals surface area (Å²) in [6.45, 7) is 7.02. The smallest absolute Gasteiger partial charge is 0.417 e. The molecule has 2 heterocycles. The lowest BCUT2D eigenvalue weighted by atomic mass is 9.94. The zero-order valence-electron chi connectivity index (χ0n) is 16.8. The molecule has 4 rings (SSSR count). The number of fused-ring (bicyclic) bond motifs is 3. The van der Waals surface area contributed by atoms with Crippen LogP contribution in [0, 0.1) is 17.8 Å². The van der Waals surface area contributed by atoms with Gasteiger partial charge in [0.05, 0.1) is 17.9 Å². The van der Waals surface area contributed by atoms with Crippen LogP contribution in [0.4, 0.5) is 4.79 Å². The van der Waals surface area contributed by atoms with Crippen molar-refractivity contribution in [1.29, 1.82) is 0 Å². The molecule has 2 aliphatic carbocycles. The number of cyclic esters (lactones) is 1. The monoisotopic (exact) mass is 389 g/mol. The average Bonchev–Trinajstić information content (AvgIpc) is 3.28. The van der Waals surface area contributed by atoms with Crippen molar-refractivity contribution < 1.29 is 28.6 Å². The lowest BCUT2D eigenvalue weighted by Crippen LogP contribution is -2.45. The van der Waals surface area contributed by atoms with E-state index in [2.05, 4.69) is 0 Å². The fourth-order valence-electron chi connectivity index (χ4n) is 5.05. The van der Waals surface area contributed by atoms with Gasteiger partial charge in [-0.15, -0.1) is 0 Å². The Hall–Kier alpha value is -2.31. The zero-order valence-corrected chi connectivity index (χ0v) is 16.8. The van der Waals surface area contributed by atoms with Crippen LogP contribution >= 0.6 is 0 Å². The van der Waals surface area contributed by atoms with Crippen LogP contribution < -0.4 is 0 Å². The largest absolute Gasteiger partial charge is 0.458 e. The van der Waals surface area contributed by atoms with Crippen LogP contribution in [-0.4, -0.2) is 40.8 Å². The Morgan fingerprint density at radius 1 is 1.29 bits per heavy atom. The summed E-state index contributed by atoms with van der Waals surface area (Å²) in [5.74, 6) is -0.0105. The Kier molecular flexibility index (Phi) is 4.51. The van der Waals surface area contributed by atoms with Gasteiger partial charge in [0.2, 0.25) is 0 Å². The second-order valence-corrected chi connectivity index (χ2v) is 9.18. The van der Waals surface area contributed by atoms with E-state index in [1.54, 1.807) is 33.8 Å². The van der Waals surface area contributed by atoms with E-state index >= 15 is 0 Å². The maximum absolute atomic E-state index is 13.1. The number of likely N-dealkylation sites (tertiary alicyclic amines) is 1. The molecule has 5 atom stereocenters. The van der Waals surface area contributed by atoms with Crippen molar-refractivity contribution in [1.82, 2.24) is 4.90 Å². The molecule has 152 valence electrons. The maximum Gasteiger partial charge on any atom is 0.417 e. The zero-order chi connectivity index (χ0) is 20.2. The minimum atomic E-state index is -0.831. The summed E-state index contributed by atoms with van der Waals surface area (Å²) >= 11 is 0. The predicted octanol–water partition coefficient (Wildman–Crippen LogP) is 3.30. The molecule has 28 heavy (non-hydrogen) atoms. The summed E-state index contributed by atoms with van der Waals surface area (Å²) < 4.78 is 16.2. The first kappa shape index (κ1) is 19.0. The SMILES string of the molecule is CC1=CC(OC=C2C(=O)N(C(=O)OC(C)(C)C)C3C2CC2CCCC23)OC1=O. The lowest BCUT2D eigenvalue weighted by Gasteiger charge is -2.29. The van der Waals surface area contributed by atoms with Gasteiger partial charge in [0.25, 0.3) is 12.2 Å². The number of hydrogen-bond donors (Lipinski definition) is 0. The fraction of sp³-hybridized carbons (Fsp3) is 0.667. The normalized spacial score (nSPS) is 35.7. The maximum atomic E-state index is 13.1. The molecular formula is C21H27NO6. The number of carbonyl (C=O) groups excluding carboxylic acids is 3. The highest BCUT2D eigenvalue weighted by atomic mass is 16.7. The fourth-order valence-corrected chi connectivity index (χ4v) is 5.05. The van der Waals surface area contributed by atoms with E-state index in [-0.39, 0.29) is 17.9 Å². The molecule has 0 aromatic rings. The molecule has 0 aromatic heterocycles. The van der Waals surface area contributed by atoms with Crippen molar-refractivity contribution in [3.05, 3.63) is 23.5 Å². The van der Waals surface area contributed by atoms with Gasteiger partial charge in [0.1, 0.15) is 5.60 Å². The molecular weight excluding hydrogens is 362 g/mol. The van der Waals surface area contributed by atoms with Crippen molar-refractivity contribution >= 4 is 18.0 Å². The minimum absolute atomic E-state index is 0.0579. The first-order chi connectivity index (χ1) is 13.2. The Labute approximate surface area is 164 Å². The van der Waals surface area contributed by atoms with Gasteiger partial charge in [0, 0.05) is 17.6 Å². The van der Waals surface area contributed by atoms with Gasteiger partial charge in [-0.25, -0.2) is 14.5 Å². The quantitative estimate of drug-likeness (QED) is 0.409. The number of nitrogens with zero attached hydrogens (tertiary/aromatic N) is 1. The van der Waals surface area contributed by atoms with Crippen molar-refractivity contribution in [3.63, 3.8) is 0 Å². The van der Waals surface area contributed by atoms with Crippen LogP contribution in [0.15, 0.2) is 23.5 Å². The third-order valence-electron chi connectivity index (χ3n) is 6.14. The minimum Gasteiger partial charge on any atom is -0.458 e. The summed E-state index contributed by atoms with van der Waals surface area (Å²) in [5.41, 5.74) is 0.272. The predicted molar refractivity (Wildman–Crippen MR) is 98.6 cm³/mol. The Bertz CT molecular complexity index is 776. The summed E-state index contributed by atoms with van der Waals surface area (Å²) in [6, 6.07) is -0.173. The van der Waals surface area contributed by atoms with Crippen LogP contribution in [-0.2, 0) is 23.8 Å². The van der Waals surface area contributed by atoms with E-state index in [0.717, 1.165) is 25.7 Å². The average molecular weight is 389 g/mol. The van der Waals surface area contributed by atoms with E-state index in [0.29, 0.717) is 23.0 Å². The van der Waals surface area contributed by atoms with Gasteiger partial charge < -0.3 is 14.2 Å². The van der Waals surface area contributed by atoms with Crippen molar-refractivity contribution in [2.45, 2.75) is 71.3 Å². The van der Waals surface area contributed by atoms with Gasteiger partial charge in [0.15, 0.2) is 0 Å². The topological polar surface area (TPSA) is 82.1 Å². The third-order valence-corrected chi connectivity index (χ3v) is 6.14. The molecule has 3 fully saturated rings. The molecule has 0 N–H and O–H groups in total. The van der Waals surface area contributed by atoms with Crippen LogP contribution in [0.25, 0.3) is 0 Å². The molecule has 2 amide bonds. The molecule has 2 saturated carbocycles. The number of ether oxygens (including phenoxy) is 3. The highest BCUT2D eigenvalue weighted by Gasteiger charge is 2.58. The third kappa shape index (κ3) is 3.20. The standard InChI is InChI=1S/C21H27NO6/c1-11-8-16(27-19(11)24)26-10-15-14-9-12-6-5-7-13(12)17(14)22(18(15)23)20(25)28-21(2,3)4/h8,10,12-14,16-17H,5-7,9H2,1-4H3. The highest BCUT2D eigenvalue weighted by Crippen LogP contribution is 2.54. The number of imide groups is 1. The first-order valence-corrected chi connectivity index (χ1v) is 9.97. The van der Waals surface area contributed by atoms with Crippen LogP contribution in [0.1, 0.15) is 53.4 Å². The number of rotatable bonds is 2. The molecule has 0 aromatic carbocycles. The van der Waals surface area contributed by atoms with Gasteiger partial charge >= 0.3 is 12.1 Å². The Morgan fingerprint density at radius 2 is 2.04 bits per heavy atom. The van der Waals surface area contributed by atoms with Crippen LogP contribution in [0.5, 0.6) is 0 Å². The first-order valence-electron chi connectivity index (χ1n) is 9.97. The Balaban J connectivity index is 1.59. The number of hydrogen-bond acceptors (Lipinski definition) is 6. The molecule has 0 bridgehead atoms. The Morgan fingerprint density at radius 3 is 2.68 bits per heavy atom. The van der Waals surface area contributed by atoms with Crippen LogP contribution in [0.2, 0.25) is 0 Å². The summed E-state index contributed by atoms with van der Waals surface area (Å²) in [7, 11) is 0. The second kappa shape index (κ2) is 6.64. The van der Waals surface area contributed by atoms with Crippen molar-refractivity contribution in [2.24, 2.45) is 17.8 Å². The number of carbonyl (C=O) groups is 3. The molecule has 7 nitrogen and oxygen atoms in total. The summed E-state index contributed by atoms with van der Waals surface area (Å²) in [6.07, 6.45) is 5.69. The van der Waals surface area contributed by atoms with Gasteiger partial charge in [-0.05, 0) is 52.4 Å². The van der Waals surface area contributed by atoms with E-state index in [9.17, 15) is 14.4 Å². The van der Waals surface area contributed by atoms with Crippen molar-refractivity contribution in [3.8, 4) is 0 Å². The van der Waals surface area contributed by atoms with E-state index in [4.69, 9.17) is 14.2 Å². The second-order valence-electron chi connectivity index (χ2n) is 9.18. The summed E-state index contributed by atoms with van der Waals surface area (Å²) in [5, 5.41) is 0. The number of esters is 1. The highest BCUT2D eigenvalue weighted by molar-refractivity contribution is 6.05. The number of amides is 2. The molecule has 4 aliphatic rings. The van der Waals surface area contributed by atoms with E-state index in [1.165, 1.54) is 11.2 Å². The van der Waals surface area contributed by atoms with Crippen molar-refractivity contribution in [2.75, 3.05) is 0 Å². The molecule has 1 saturated heterocycles. The molecule has 2 aliphatic heterocycles. The van der Waals surface area contributed by atoms with Gasteiger partial charge in [-0.2, -0.15) is 0 Å². The summed E-state index contributed by atoms with van der Waals surface area (Å²) in [4.78, 5) is 38.8. The lowest BCUT2D eigenvalue weighted by molar-refractivity contribution is -0.152. The van der Waals surface area contributed by atoms with Gasteiger partial charge in [-0.1, -0.05) is 12.8 Å².